The molecule has 2 N–H and O–H groups in total. The highest BCUT2D eigenvalue weighted by Crippen LogP contribution is 2.23. The Morgan fingerprint density at radius 1 is 1.15 bits per heavy atom. The van der Waals surface area contributed by atoms with E-state index in [2.05, 4.69) is 5.32 Å². The zero-order valence-electron chi connectivity index (χ0n) is 12.8. The molecule has 0 aromatic heterocycles. The van der Waals surface area contributed by atoms with E-state index < -0.39 is 29.1 Å². The SMILES string of the molecule is CC(C)(C)OC(=O)N[C@@H](CSC(=O)C(C)(C)C)C(=O)O. The van der Waals surface area contributed by atoms with Crippen LogP contribution in [0, 0.1) is 5.41 Å². The Morgan fingerprint density at radius 3 is 2.00 bits per heavy atom. The molecule has 0 aliphatic rings. The average molecular weight is 305 g/mol. The quantitative estimate of drug-likeness (QED) is 0.827. The number of carboxylic acid groups (broad SMARTS) is 1. The third-order valence-electron chi connectivity index (χ3n) is 1.98. The van der Waals surface area contributed by atoms with Crippen LogP contribution >= 0.6 is 11.8 Å². The van der Waals surface area contributed by atoms with Gasteiger partial charge in [0.15, 0.2) is 5.12 Å². The van der Waals surface area contributed by atoms with Crippen molar-refractivity contribution in [3.05, 3.63) is 0 Å². The van der Waals surface area contributed by atoms with Gasteiger partial charge in [0.05, 0.1) is 0 Å². The normalized spacial score (nSPS) is 13.5. The molecule has 20 heavy (non-hydrogen) atoms. The Morgan fingerprint density at radius 2 is 1.65 bits per heavy atom. The molecule has 0 unspecified atom stereocenters. The topological polar surface area (TPSA) is 92.7 Å². The van der Waals surface area contributed by atoms with Gasteiger partial charge in [-0.25, -0.2) is 9.59 Å². The predicted octanol–water partition coefficient (Wildman–Crippen LogP) is 2.27. The van der Waals surface area contributed by atoms with Gasteiger partial charge in [0.25, 0.3) is 0 Å². The Balaban J connectivity index is 4.50. The fourth-order valence-electron chi connectivity index (χ4n) is 1.00. The van der Waals surface area contributed by atoms with Crippen LogP contribution in [0.25, 0.3) is 0 Å². The fourth-order valence-corrected chi connectivity index (χ4v) is 1.98. The number of hydrogen-bond donors (Lipinski definition) is 2. The van der Waals surface area contributed by atoms with E-state index in [1.165, 1.54) is 0 Å². The Kier molecular flexibility index (Phi) is 6.53. The van der Waals surface area contributed by atoms with Crippen molar-refractivity contribution in [1.82, 2.24) is 5.32 Å². The minimum absolute atomic E-state index is 0.0370. The molecule has 0 bridgehead atoms. The van der Waals surface area contributed by atoms with E-state index >= 15 is 0 Å². The van der Waals surface area contributed by atoms with Crippen molar-refractivity contribution >= 4 is 28.9 Å². The maximum absolute atomic E-state index is 11.7. The van der Waals surface area contributed by atoms with Gasteiger partial charge in [0.1, 0.15) is 11.6 Å². The summed E-state index contributed by atoms with van der Waals surface area (Å²) < 4.78 is 4.98. The molecule has 0 aliphatic carbocycles. The van der Waals surface area contributed by atoms with Gasteiger partial charge in [0.2, 0.25) is 0 Å². The van der Waals surface area contributed by atoms with Gasteiger partial charge in [0, 0.05) is 11.2 Å². The highest BCUT2D eigenvalue weighted by molar-refractivity contribution is 8.13. The number of carbonyl (C=O) groups is 3. The summed E-state index contributed by atoms with van der Waals surface area (Å²) in [5, 5.41) is 11.2. The summed E-state index contributed by atoms with van der Waals surface area (Å²) >= 11 is 0.890. The minimum Gasteiger partial charge on any atom is -0.480 e. The van der Waals surface area contributed by atoms with Gasteiger partial charge >= 0.3 is 12.1 Å². The third-order valence-corrected chi connectivity index (χ3v) is 3.36. The van der Waals surface area contributed by atoms with Crippen LogP contribution in [0.4, 0.5) is 4.79 Å². The second-order valence-electron chi connectivity index (χ2n) is 6.39. The summed E-state index contributed by atoms with van der Waals surface area (Å²) in [6, 6.07) is -1.17. The maximum atomic E-state index is 11.7. The van der Waals surface area contributed by atoms with Crippen LogP contribution in [0.5, 0.6) is 0 Å². The van der Waals surface area contributed by atoms with Crippen LogP contribution < -0.4 is 5.32 Å². The summed E-state index contributed by atoms with van der Waals surface area (Å²) in [5.41, 5.74) is -1.26. The van der Waals surface area contributed by atoms with E-state index in [9.17, 15) is 14.4 Å². The molecule has 0 aromatic carbocycles. The molecule has 0 aromatic rings. The molecule has 116 valence electrons. The second kappa shape index (κ2) is 6.97. The van der Waals surface area contributed by atoms with Crippen LogP contribution in [-0.4, -0.2) is 39.7 Å². The van der Waals surface area contributed by atoms with Gasteiger partial charge in [-0.1, -0.05) is 32.5 Å². The highest BCUT2D eigenvalue weighted by Gasteiger charge is 2.27. The van der Waals surface area contributed by atoms with Gasteiger partial charge in [-0.15, -0.1) is 0 Å². The summed E-state index contributed by atoms with van der Waals surface area (Å²) in [6.07, 6.45) is -0.811. The van der Waals surface area contributed by atoms with Crippen molar-refractivity contribution < 1.29 is 24.2 Å². The summed E-state index contributed by atoms with van der Waals surface area (Å²) in [6.45, 7) is 10.3. The van der Waals surface area contributed by atoms with Gasteiger partial charge in [-0.3, -0.25) is 4.79 Å². The van der Waals surface area contributed by atoms with Crippen molar-refractivity contribution in [3.63, 3.8) is 0 Å². The maximum Gasteiger partial charge on any atom is 0.408 e. The average Bonchev–Trinajstić information content (AvgIpc) is 2.18. The van der Waals surface area contributed by atoms with E-state index in [1.54, 1.807) is 41.5 Å². The summed E-state index contributed by atoms with van der Waals surface area (Å²) in [5.74, 6) is -1.24. The predicted molar refractivity (Wildman–Crippen MR) is 77.7 cm³/mol. The number of alkyl carbamates (subject to hydrolysis) is 1. The van der Waals surface area contributed by atoms with Crippen molar-refractivity contribution in [2.75, 3.05) is 5.75 Å². The van der Waals surface area contributed by atoms with Gasteiger partial charge < -0.3 is 15.2 Å². The number of carboxylic acids is 1. The zero-order valence-corrected chi connectivity index (χ0v) is 13.6. The van der Waals surface area contributed by atoms with Crippen molar-refractivity contribution in [2.24, 2.45) is 5.41 Å². The first-order valence-corrected chi connectivity index (χ1v) is 7.21. The first-order chi connectivity index (χ1) is 8.83. The molecule has 6 nitrogen and oxygen atoms in total. The Bertz CT molecular complexity index is 381. The van der Waals surface area contributed by atoms with E-state index in [1.807, 2.05) is 0 Å². The molecule has 0 rings (SSSR count). The van der Waals surface area contributed by atoms with Crippen LogP contribution in [0.3, 0.4) is 0 Å². The fraction of sp³-hybridized carbons (Fsp3) is 0.769. The molecule has 0 heterocycles. The number of carbonyl (C=O) groups excluding carboxylic acids is 2. The smallest absolute Gasteiger partial charge is 0.408 e. The first kappa shape index (κ1) is 18.8. The molecule has 1 amide bonds. The number of rotatable bonds is 4. The first-order valence-electron chi connectivity index (χ1n) is 6.22. The van der Waals surface area contributed by atoms with Crippen molar-refractivity contribution in [3.8, 4) is 0 Å². The number of ether oxygens (including phenoxy) is 1. The molecule has 0 radical (unpaired) electrons. The Hall–Kier alpha value is -1.24. The van der Waals surface area contributed by atoms with Gasteiger partial charge in [-0.05, 0) is 20.8 Å². The number of thioether (sulfide) groups is 1. The summed E-state index contributed by atoms with van der Waals surface area (Å²) in [7, 11) is 0. The van der Waals surface area contributed by atoms with Crippen LogP contribution in [0.2, 0.25) is 0 Å². The molecule has 7 heteroatoms. The monoisotopic (exact) mass is 305 g/mol. The van der Waals surface area contributed by atoms with Crippen LogP contribution in [0.1, 0.15) is 41.5 Å². The molecule has 1 atom stereocenters. The molecular weight excluding hydrogens is 282 g/mol. The number of hydrogen-bond acceptors (Lipinski definition) is 5. The van der Waals surface area contributed by atoms with Crippen molar-refractivity contribution in [2.45, 2.75) is 53.2 Å². The van der Waals surface area contributed by atoms with E-state index in [-0.39, 0.29) is 10.9 Å². The third kappa shape index (κ3) is 8.04. The van der Waals surface area contributed by atoms with E-state index in [0.29, 0.717) is 0 Å². The molecule has 0 saturated heterocycles. The largest absolute Gasteiger partial charge is 0.480 e. The number of aliphatic carboxylic acids is 1. The lowest BCUT2D eigenvalue weighted by molar-refractivity contribution is -0.138. The minimum atomic E-state index is -1.20. The number of nitrogens with one attached hydrogen (secondary N) is 1. The second-order valence-corrected chi connectivity index (χ2v) is 7.38. The molecule has 0 spiro atoms. The van der Waals surface area contributed by atoms with Crippen LogP contribution in [-0.2, 0) is 14.3 Å². The molecular formula is C13H23NO5S. The lowest BCUT2D eigenvalue weighted by Crippen LogP contribution is -2.45. The van der Waals surface area contributed by atoms with Crippen LogP contribution in [0.15, 0.2) is 0 Å². The number of amides is 1. The van der Waals surface area contributed by atoms with E-state index in [4.69, 9.17) is 9.84 Å². The Labute approximate surface area is 123 Å². The van der Waals surface area contributed by atoms with Crippen molar-refractivity contribution in [1.29, 1.82) is 0 Å². The molecule has 0 aliphatic heterocycles. The van der Waals surface area contributed by atoms with E-state index in [0.717, 1.165) is 11.8 Å². The summed E-state index contributed by atoms with van der Waals surface area (Å²) in [4.78, 5) is 34.3. The zero-order chi connectivity index (χ0) is 16.1. The molecule has 0 fully saturated rings. The standard InChI is InChI=1S/C13H23NO5S/c1-12(2,3)10(17)20-7-8(9(15)16)14-11(18)19-13(4,5)6/h8H,7H2,1-6H3,(H,14,18)(H,15,16)/t8-/m0/s1. The lowest BCUT2D eigenvalue weighted by atomic mass is 10.00. The lowest BCUT2D eigenvalue weighted by Gasteiger charge is -2.22. The van der Waals surface area contributed by atoms with Gasteiger partial charge in [-0.2, -0.15) is 0 Å². The molecule has 0 saturated carbocycles. The highest BCUT2D eigenvalue weighted by atomic mass is 32.2.